The van der Waals surface area contributed by atoms with E-state index in [1.54, 1.807) is 19.1 Å². The monoisotopic (exact) mass is 289 g/mol. The highest BCUT2D eigenvalue weighted by atomic mass is 32.2. The summed E-state index contributed by atoms with van der Waals surface area (Å²) >= 11 is 1.31. The first kappa shape index (κ1) is 14.1. The summed E-state index contributed by atoms with van der Waals surface area (Å²) in [5, 5.41) is 16.4. The zero-order chi connectivity index (χ0) is 14.4. The first-order valence-electron chi connectivity index (χ1n) is 5.85. The number of aromatic nitrogens is 2. The zero-order valence-corrected chi connectivity index (χ0v) is 11.5. The Morgan fingerprint density at radius 2 is 2.15 bits per heavy atom. The van der Waals surface area contributed by atoms with Crippen molar-refractivity contribution in [1.82, 2.24) is 10.2 Å². The average molecular weight is 289 g/mol. The summed E-state index contributed by atoms with van der Waals surface area (Å²) in [6.45, 7) is 1.96. The largest absolute Gasteiger partial charge is 0.459 e. The lowest BCUT2D eigenvalue weighted by Crippen LogP contribution is -2.04. The number of rotatable bonds is 5. The van der Waals surface area contributed by atoms with Crippen LogP contribution in [0.5, 0.6) is 0 Å². The fourth-order valence-corrected chi connectivity index (χ4v) is 2.08. The molecule has 0 saturated heterocycles. The van der Waals surface area contributed by atoms with Gasteiger partial charge in [-0.2, -0.15) is 5.26 Å². The summed E-state index contributed by atoms with van der Waals surface area (Å²) in [6, 6.07) is 9.25. The minimum Gasteiger partial charge on any atom is -0.459 e. The molecule has 0 aliphatic rings. The molecule has 102 valence electrons. The lowest BCUT2D eigenvalue weighted by Gasteiger charge is -1.98. The van der Waals surface area contributed by atoms with Crippen molar-refractivity contribution < 1.29 is 13.9 Å². The maximum atomic E-state index is 11.3. The molecule has 0 atom stereocenters. The SMILES string of the molecule is CCOC(=O)c1nnc(SCc2ccc(C#N)cc2)o1. The number of nitrogens with zero attached hydrogens (tertiary/aromatic N) is 3. The Hall–Kier alpha value is -2.33. The fourth-order valence-electron chi connectivity index (χ4n) is 1.36. The molecule has 0 saturated carbocycles. The molecule has 2 rings (SSSR count). The molecule has 0 N–H and O–H groups in total. The number of hydrogen-bond acceptors (Lipinski definition) is 7. The van der Waals surface area contributed by atoms with Gasteiger partial charge in [0, 0.05) is 5.75 Å². The van der Waals surface area contributed by atoms with Crippen LogP contribution in [0.4, 0.5) is 0 Å². The normalized spacial score (nSPS) is 10.0. The van der Waals surface area contributed by atoms with Gasteiger partial charge < -0.3 is 9.15 Å². The van der Waals surface area contributed by atoms with Gasteiger partial charge >= 0.3 is 11.9 Å². The van der Waals surface area contributed by atoms with E-state index < -0.39 is 5.97 Å². The minimum atomic E-state index is -0.620. The Labute approximate surface area is 119 Å². The van der Waals surface area contributed by atoms with Gasteiger partial charge in [-0.25, -0.2) is 4.79 Å². The van der Waals surface area contributed by atoms with Crippen LogP contribution in [-0.2, 0) is 10.5 Å². The van der Waals surface area contributed by atoms with E-state index in [1.165, 1.54) is 11.8 Å². The summed E-state index contributed by atoms with van der Waals surface area (Å²) < 4.78 is 9.93. The van der Waals surface area contributed by atoms with E-state index in [9.17, 15) is 4.79 Å². The van der Waals surface area contributed by atoms with Gasteiger partial charge in [-0.15, -0.1) is 5.10 Å². The van der Waals surface area contributed by atoms with Crippen LogP contribution in [0, 0.1) is 11.3 Å². The Bertz CT molecular complexity index is 631. The number of carbonyl (C=O) groups excluding carboxylic acids is 1. The Kier molecular flexibility index (Phi) is 4.74. The number of nitriles is 1. The zero-order valence-electron chi connectivity index (χ0n) is 10.7. The molecular formula is C13H11N3O3S. The van der Waals surface area contributed by atoms with Crippen LogP contribution in [0.1, 0.15) is 28.7 Å². The molecule has 0 unspecified atom stereocenters. The van der Waals surface area contributed by atoms with Crippen LogP contribution in [-0.4, -0.2) is 22.8 Å². The van der Waals surface area contributed by atoms with E-state index in [1.807, 2.05) is 12.1 Å². The molecular weight excluding hydrogens is 278 g/mol. The molecule has 1 aromatic heterocycles. The minimum absolute atomic E-state index is 0.144. The van der Waals surface area contributed by atoms with Crippen molar-refractivity contribution in [1.29, 1.82) is 5.26 Å². The molecule has 7 heteroatoms. The lowest BCUT2D eigenvalue weighted by atomic mass is 10.2. The highest BCUT2D eigenvalue weighted by Gasteiger charge is 2.15. The topological polar surface area (TPSA) is 89.0 Å². The number of ether oxygens (including phenoxy) is 1. The second-order valence-corrected chi connectivity index (χ2v) is 4.62. The van der Waals surface area contributed by atoms with Crippen LogP contribution in [0.25, 0.3) is 0 Å². The molecule has 20 heavy (non-hydrogen) atoms. The second-order valence-electron chi connectivity index (χ2n) is 3.69. The Morgan fingerprint density at radius 1 is 1.40 bits per heavy atom. The highest BCUT2D eigenvalue weighted by Crippen LogP contribution is 2.21. The maximum Gasteiger partial charge on any atom is 0.396 e. The molecule has 0 bridgehead atoms. The van der Waals surface area contributed by atoms with Crippen LogP contribution < -0.4 is 0 Å². The second kappa shape index (κ2) is 6.73. The van der Waals surface area contributed by atoms with Crippen molar-refractivity contribution in [2.45, 2.75) is 17.9 Å². The van der Waals surface area contributed by atoms with Gasteiger partial charge in [0.2, 0.25) is 0 Å². The predicted molar refractivity (Wildman–Crippen MR) is 71.0 cm³/mol. The third-order valence-corrected chi connectivity index (χ3v) is 3.19. The van der Waals surface area contributed by atoms with Crippen molar-refractivity contribution in [3.8, 4) is 6.07 Å². The summed E-state index contributed by atoms with van der Waals surface area (Å²) in [4.78, 5) is 11.3. The summed E-state index contributed by atoms with van der Waals surface area (Å²) in [6.07, 6.45) is 0. The number of benzene rings is 1. The number of esters is 1. The van der Waals surface area contributed by atoms with Crippen LogP contribution in [0.15, 0.2) is 33.9 Å². The van der Waals surface area contributed by atoms with Crippen molar-refractivity contribution in [3.63, 3.8) is 0 Å². The van der Waals surface area contributed by atoms with Gasteiger partial charge in [-0.05, 0) is 24.6 Å². The fraction of sp³-hybridized carbons (Fsp3) is 0.231. The maximum absolute atomic E-state index is 11.3. The average Bonchev–Trinajstić information content (AvgIpc) is 2.95. The molecule has 0 amide bonds. The molecule has 6 nitrogen and oxygen atoms in total. The van der Waals surface area contributed by atoms with Crippen LogP contribution in [0.2, 0.25) is 0 Å². The third-order valence-electron chi connectivity index (χ3n) is 2.30. The molecule has 0 fully saturated rings. The standard InChI is InChI=1S/C13H11N3O3S/c1-2-18-12(17)11-15-16-13(19-11)20-8-10-5-3-9(7-14)4-6-10/h3-6H,2,8H2,1H3. The molecule has 1 heterocycles. The van der Waals surface area contributed by atoms with Gasteiger partial charge in [0.25, 0.3) is 5.22 Å². The lowest BCUT2D eigenvalue weighted by molar-refractivity contribution is 0.0475. The molecule has 0 aliphatic heterocycles. The first-order valence-corrected chi connectivity index (χ1v) is 6.84. The van der Waals surface area contributed by atoms with Crippen molar-refractivity contribution in [2.24, 2.45) is 0 Å². The van der Waals surface area contributed by atoms with Gasteiger partial charge in [-0.3, -0.25) is 0 Å². The quantitative estimate of drug-likeness (QED) is 0.616. The smallest absolute Gasteiger partial charge is 0.396 e. The van der Waals surface area contributed by atoms with Crippen LogP contribution >= 0.6 is 11.8 Å². The molecule has 2 aromatic rings. The molecule has 0 radical (unpaired) electrons. The van der Waals surface area contributed by atoms with Gasteiger partial charge in [-0.1, -0.05) is 29.0 Å². The van der Waals surface area contributed by atoms with E-state index in [4.69, 9.17) is 14.4 Å². The van der Waals surface area contributed by atoms with Crippen molar-refractivity contribution in [3.05, 3.63) is 41.3 Å². The van der Waals surface area contributed by atoms with Crippen LogP contribution in [0.3, 0.4) is 0 Å². The third kappa shape index (κ3) is 3.59. The summed E-state index contributed by atoms with van der Waals surface area (Å²) in [5.41, 5.74) is 1.63. The van der Waals surface area contributed by atoms with Gasteiger partial charge in [0.15, 0.2) is 0 Å². The van der Waals surface area contributed by atoms with E-state index in [-0.39, 0.29) is 12.5 Å². The number of hydrogen-bond donors (Lipinski definition) is 0. The van der Waals surface area contributed by atoms with Gasteiger partial charge in [0.1, 0.15) is 0 Å². The number of thioether (sulfide) groups is 1. The van der Waals surface area contributed by atoms with E-state index >= 15 is 0 Å². The number of carbonyl (C=O) groups is 1. The summed E-state index contributed by atoms with van der Waals surface area (Å²) in [7, 11) is 0. The van der Waals surface area contributed by atoms with Crippen molar-refractivity contribution in [2.75, 3.05) is 6.61 Å². The van der Waals surface area contributed by atoms with E-state index in [2.05, 4.69) is 16.3 Å². The summed E-state index contributed by atoms with van der Waals surface area (Å²) in [5.74, 6) is -0.157. The van der Waals surface area contributed by atoms with Gasteiger partial charge in [0.05, 0.1) is 18.2 Å². The molecule has 0 aliphatic carbocycles. The molecule has 1 aromatic carbocycles. The Morgan fingerprint density at radius 3 is 2.80 bits per heavy atom. The Balaban J connectivity index is 1.94. The van der Waals surface area contributed by atoms with Crippen molar-refractivity contribution >= 4 is 17.7 Å². The van der Waals surface area contributed by atoms with E-state index in [0.29, 0.717) is 16.5 Å². The first-order chi connectivity index (χ1) is 9.72. The predicted octanol–water partition coefficient (Wildman–Crippen LogP) is 2.41. The highest BCUT2D eigenvalue weighted by molar-refractivity contribution is 7.98. The molecule has 0 spiro atoms. The van der Waals surface area contributed by atoms with E-state index in [0.717, 1.165) is 5.56 Å².